The topological polar surface area (TPSA) is 56.1 Å². The molecule has 0 aliphatic carbocycles. The predicted molar refractivity (Wildman–Crippen MR) is 110 cm³/mol. The van der Waals surface area contributed by atoms with Crippen LogP contribution in [-0.4, -0.2) is 15.5 Å². The second kappa shape index (κ2) is 7.96. The Morgan fingerprint density at radius 3 is 2.61 bits per heavy atom. The first-order chi connectivity index (χ1) is 13.7. The number of nitrogens with one attached hydrogen (secondary N) is 1. The first kappa shape index (κ1) is 17.8. The maximum atomic E-state index is 11.2. The number of amides is 1. The van der Waals surface area contributed by atoms with Crippen LogP contribution in [0.25, 0.3) is 10.8 Å². The summed E-state index contributed by atoms with van der Waals surface area (Å²) in [6, 6.07) is 22.0. The lowest BCUT2D eigenvalue weighted by Crippen LogP contribution is -2.15. The molecule has 0 saturated heterocycles. The van der Waals surface area contributed by atoms with Gasteiger partial charge in [-0.25, -0.2) is 4.98 Å². The summed E-state index contributed by atoms with van der Waals surface area (Å²) in [6.07, 6.45) is 5.30. The van der Waals surface area contributed by atoms with E-state index in [0.717, 1.165) is 17.0 Å². The van der Waals surface area contributed by atoms with Crippen molar-refractivity contribution >= 4 is 22.4 Å². The predicted octanol–water partition coefficient (Wildman–Crippen LogP) is 4.82. The number of benzene rings is 3. The van der Waals surface area contributed by atoms with E-state index < -0.39 is 0 Å². The Morgan fingerprint density at radius 1 is 1.07 bits per heavy atom. The first-order valence-corrected chi connectivity index (χ1v) is 9.17. The fraction of sp³-hybridized carbons (Fsp3) is 0.130. The quantitative estimate of drug-likeness (QED) is 0.529. The van der Waals surface area contributed by atoms with Gasteiger partial charge in [0.25, 0.3) is 0 Å². The van der Waals surface area contributed by atoms with Crippen LogP contribution < -0.4 is 10.1 Å². The van der Waals surface area contributed by atoms with Crippen LogP contribution in [0, 0.1) is 0 Å². The first-order valence-electron chi connectivity index (χ1n) is 9.17. The molecule has 0 aliphatic heterocycles. The molecule has 0 spiro atoms. The second-order valence-corrected chi connectivity index (χ2v) is 6.64. The molecular formula is C23H21N3O2. The largest absolute Gasteiger partial charge is 0.484 e. The molecule has 4 aromatic rings. The van der Waals surface area contributed by atoms with Gasteiger partial charge >= 0.3 is 0 Å². The van der Waals surface area contributed by atoms with Crippen molar-refractivity contribution in [3.63, 3.8) is 0 Å². The van der Waals surface area contributed by atoms with E-state index in [4.69, 9.17) is 4.74 Å². The highest BCUT2D eigenvalue weighted by atomic mass is 16.5. The maximum absolute atomic E-state index is 11.2. The van der Waals surface area contributed by atoms with Crippen molar-refractivity contribution in [3.8, 4) is 5.75 Å². The van der Waals surface area contributed by atoms with E-state index in [1.807, 2.05) is 47.2 Å². The Morgan fingerprint density at radius 2 is 1.86 bits per heavy atom. The Kier molecular flexibility index (Phi) is 5.06. The molecule has 3 aromatic carbocycles. The molecule has 1 aromatic heterocycles. The third kappa shape index (κ3) is 4.04. The Balaban J connectivity index is 1.66. The maximum Gasteiger partial charge on any atom is 0.221 e. The highest BCUT2D eigenvalue weighted by Crippen LogP contribution is 2.30. The molecule has 1 heterocycles. The van der Waals surface area contributed by atoms with Gasteiger partial charge in [-0.05, 0) is 35.0 Å². The SMILES string of the molecule is CC(=O)Nc1ccc(OC(Cn2ccnc2)c2cccc3ccccc23)cc1. The highest BCUT2D eigenvalue weighted by Gasteiger charge is 2.17. The number of rotatable bonds is 6. The minimum atomic E-state index is -0.188. The van der Waals surface area contributed by atoms with Crippen molar-refractivity contribution in [2.75, 3.05) is 5.32 Å². The smallest absolute Gasteiger partial charge is 0.221 e. The zero-order chi connectivity index (χ0) is 19.3. The minimum Gasteiger partial charge on any atom is -0.484 e. The van der Waals surface area contributed by atoms with E-state index >= 15 is 0 Å². The molecule has 1 atom stereocenters. The number of carbonyl (C=O) groups is 1. The molecule has 1 unspecified atom stereocenters. The van der Waals surface area contributed by atoms with Crippen molar-refractivity contribution in [2.24, 2.45) is 0 Å². The van der Waals surface area contributed by atoms with E-state index in [9.17, 15) is 4.79 Å². The van der Waals surface area contributed by atoms with Crippen LogP contribution in [0.3, 0.4) is 0 Å². The third-order valence-corrected chi connectivity index (χ3v) is 4.56. The van der Waals surface area contributed by atoms with Gasteiger partial charge < -0.3 is 14.6 Å². The van der Waals surface area contributed by atoms with Gasteiger partial charge in [0, 0.05) is 30.6 Å². The molecular weight excluding hydrogens is 350 g/mol. The summed E-state index contributed by atoms with van der Waals surface area (Å²) in [7, 11) is 0. The summed E-state index contributed by atoms with van der Waals surface area (Å²) >= 11 is 0. The average molecular weight is 371 g/mol. The second-order valence-electron chi connectivity index (χ2n) is 6.64. The van der Waals surface area contributed by atoms with Gasteiger partial charge in [-0.15, -0.1) is 0 Å². The van der Waals surface area contributed by atoms with E-state index in [0.29, 0.717) is 6.54 Å². The van der Waals surface area contributed by atoms with E-state index in [1.54, 1.807) is 12.5 Å². The number of anilines is 1. The zero-order valence-corrected chi connectivity index (χ0v) is 15.6. The molecule has 0 bridgehead atoms. The van der Waals surface area contributed by atoms with Gasteiger partial charge in [0.15, 0.2) is 0 Å². The molecule has 0 saturated carbocycles. The van der Waals surface area contributed by atoms with Crippen LogP contribution in [0.5, 0.6) is 5.75 Å². The lowest BCUT2D eigenvalue weighted by atomic mass is 10.00. The summed E-state index contributed by atoms with van der Waals surface area (Å²) in [5.41, 5.74) is 1.87. The molecule has 0 radical (unpaired) electrons. The lowest BCUT2D eigenvalue weighted by Gasteiger charge is -2.22. The van der Waals surface area contributed by atoms with Crippen molar-refractivity contribution < 1.29 is 9.53 Å². The molecule has 5 heteroatoms. The zero-order valence-electron chi connectivity index (χ0n) is 15.6. The number of aromatic nitrogens is 2. The van der Waals surface area contributed by atoms with Crippen LogP contribution in [-0.2, 0) is 11.3 Å². The number of fused-ring (bicyclic) bond motifs is 1. The van der Waals surface area contributed by atoms with Crippen LogP contribution in [0.1, 0.15) is 18.6 Å². The molecule has 5 nitrogen and oxygen atoms in total. The number of hydrogen-bond acceptors (Lipinski definition) is 3. The summed E-state index contributed by atoms with van der Waals surface area (Å²) in [4.78, 5) is 15.4. The minimum absolute atomic E-state index is 0.0950. The van der Waals surface area contributed by atoms with Crippen LogP contribution in [0.2, 0.25) is 0 Å². The van der Waals surface area contributed by atoms with Crippen molar-refractivity contribution in [3.05, 3.63) is 91.0 Å². The summed E-state index contributed by atoms with van der Waals surface area (Å²) in [6.45, 7) is 2.13. The summed E-state index contributed by atoms with van der Waals surface area (Å²) in [5, 5.41) is 5.12. The Hall–Kier alpha value is -3.60. The van der Waals surface area contributed by atoms with E-state index in [2.05, 4.69) is 40.6 Å². The molecule has 1 amide bonds. The van der Waals surface area contributed by atoms with E-state index in [-0.39, 0.29) is 12.0 Å². The number of ether oxygens (including phenoxy) is 1. The number of hydrogen-bond donors (Lipinski definition) is 1. The Bertz CT molecular complexity index is 1070. The third-order valence-electron chi connectivity index (χ3n) is 4.56. The number of imidazole rings is 1. The van der Waals surface area contributed by atoms with Crippen LogP contribution in [0.15, 0.2) is 85.5 Å². The molecule has 4 rings (SSSR count). The molecule has 140 valence electrons. The van der Waals surface area contributed by atoms with Crippen LogP contribution >= 0.6 is 0 Å². The van der Waals surface area contributed by atoms with Gasteiger partial charge in [-0.2, -0.15) is 0 Å². The van der Waals surface area contributed by atoms with Gasteiger partial charge in [0.1, 0.15) is 11.9 Å². The van der Waals surface area contributed by atoms with Gasteiger partial charge in [-0.3, -0.25) is 4.79 Å². The van der Waals surface area contributed by atoms with Crippen molar-refractivity contribution in [1.82, 2.24) is 9.55 Å². The van der Waals surface area contributed by atoms with E-state index in [1.165, 1.54) is 17.7 Å². The van der Waals surface area contributed by atoms with Crippen LogP contribution in [0.4, 0.5) is 5.69 Å². The molecule has 0 fully saturated rings. The normalized spacial score (nSPS) is 11.9. The van der Waals surface area contributed by atoms with Gasteiger partial charge in [0.2, 0.25) is 5.91 Å². The van der Waals surface area contributed by atoms with Gasteiger partial charge in [0.05, 0.1) is 12.9 Å². The highest BCUT2D eigenvalue weighted by molar-refractivity contribution is 5.88. The Labute approximate surface area is 163 Å². The molecule has 28 heavy (non-hydrogen) atoms. The monoisotopic (exact) mass is 371 g/mol. The number of carbonyl (C=O) groups excluding carboxylic acids is 1. The number of nitrogens with zero attached hydrogens (tertiary/aromatic N) is 2. The fourth-order valence-corrected chi connectivity index (χ4v) is 3.30. The molecule has 1 N–H and O–H groups in total. The van der Waals surface area contributed by atoms with Gasteiger partial charge in [-0.1, -0.05) is 42.5 Å². The lowest BCUT2D eigenvalue weighted by molar-refractivity contribution is -0.114. The standard InChI is InChI=1S/C23H21N3O2/c1-17(27)25-19-9-11-20(12-10-19)28-23(15-26-14-13-24-16-26)22-8-4-6-18-5-2-3-7-21(18)22/h2-14,16,23H,15H2,1H3,(H,25,27). The molecule has 0 aliphatic rings. The van der Waals surface area contributed by atoms with Crippen molar-refractivity contribution in [1.29, 1.82) is 0 Å². The average Bonchev–Trinajstić information content (AvgIpc) is 3.21. The summed E-state index contributed by atoms with van der Waals surface area (Å²) in [5.74, 6) is 0.648. The summed E-state index contributed by atoms with van der Waals surface area (Å²) < 4.78 is 8.39. The van der Waals surface area contributed by atoms with Crippen molar-refractivity contribution in [2.45, 2.75) is 19.6 Å². The fourth-order valence-electron chi connectivity index (χ4n) is 3.30.